The Labute approximate surface area is 151 Å². The number of carbonyl (C=O) groups is 1. The fourth-order valence-electron chi connectivity index (χ4n) is 3.05. The number of amides is 1. The number of aryl methyl sites for hydroxylation is 1. The third-order valence-electron chi connectivity index (χ3n) is 4.38. The maximum Gasteiger partial charge on any atom is 0.240 e. The van der Waals surface area contributed by atoms with Gasteiger partial charge in [-0.2, -0.15) is 0 Å². The molecule has 2 aliphatic heterocycles. The van der Waals surface area contributed by atoms with Gasteiger partial charge in [-0.25, -0.2) is 13.1 Å². The Morgan fingerprint density at radius 1 is 1.08 bits per heavy atom. The molecule has 2 aromatic carbocycles. The first kappa shape index (κ1) is 16.9. The van der Waals surface area contributed by atoms with Gasteiger partial charge in [0.1, 0.15) is 0 Å². The van der Waals surface area contributed by atoms with Crippen LogP contribution < -0.4 is 19.5 Å². The molecule has 2 N–H and O–H groups in total. The number of hydrogen-bond acceptors (Lipinski definition) is 5. The van der Waals surface area contributed by atoms with Gasteiger partial charge >= 0.3 is 0 Å². The van der Waals surface area contributed by atoms with Gasteiger partial charge in [-0.15, -0.1) is 0 Å². The first-order valence-electron chi connectivity index (χ1n) is 8.32. The maximum absolute atomic E-state index is 12.4. The molecule has 8 heteroatoms. The minimum atomic E-state index is -3.60. The predicted molar refractivity (Wildman–Crippen MR) is 94.9 cm³/mol. The summed E-state index contributed by atoms with van der Waals surface area (Å²) >= 11 is 0. The van der Waals surface area contributed by atoms with Crippen LogP contribution in [0.1, 0.15) is 17.5 Å². The molecule has 0 spiro atoms. The summed E-state index contributed by atoms with van der Waals surface area (Å²) in [4.78, 5) is 11.6. The molecule has 2 heterocycles. The van der Waals surface area contributed by atoms with Crippen molar-refractivity contribution >= 4 is 21.6 Å². The number of anilines is 1. The smallest absolute Gasteiger partial charge is 0.240 e. The van der Waals surface area contributed by atoms with Crippen molar-refractivity contribution in [3.8, 4) is 11.5 Å². The zero-order valence-electron chi connectivity index (χ0n) is 13.9. The predicted octanol–water partition coefficient (Wildman–Crippen LogP) is 1.82. The SMILES string of the molecule is O=C1Cc2cc(S(=O)(=O)NCCCc3ccc4c(c3)OCO4)ccc2N1. The second-order valence-electron chi connectivity index (χ2n) is 6.23. The second kappa shape index (κ2) is 6.62. The summed E-state index contributed by atoms with van der Waals surface area (Å²) in [7, 11) is -3.60. The Hall–Kier alpha value is -2.58. The lowest BCUT2D eigenvalue weighted by Gasteiger charge is -2.08. The van der Waals surface area contributed by atoms with E-state index < -0.39 is 10.0 Å². The molecule has 0 bridgehead atoms. The number of hydrogen-bond donors (Lipinski definition) is 2. The Morgan fingerprint density at radius 2 is 1.92 bits per heavy atom. The highest BCUT2D eigenvalue weighted by atomic mass is 32.2. The molecule has 0 saturated carbocycles. The van der Waals surface area contributed by atoms with Crippen LogP contribution in [0.4, 0.5) is 5.69 Å². The van der Waals surface area contributed by atoms with Crippen molar-refractivity contribution in [2.45, 2.75) is 24.2 Å². The zero-order chi connectivity index (χ0) is 18.1. The summed E-state index contributed by atoms with van der Waals surface area (Å²) in [5.74, 6) is 1.34. The van der Waals surface area contributed by atoms with Gasteiger partial charge in [0.25, 0.3) is 0 Å². The molecule has 7 nitrogen and oxygen atoms in total. The molecule has 0 unspecified atom stereocenters. The van der Waals surface area contributed by atoms with E-state index in [2.05, 4.69) is 10.0 Å². The lowest BCUT2D eigenvalue weighted by molar-refractivity contribution is -0.115. The molecule has 26 heavy (non-hydrogen) atoms. The number of carbonyl (C=O) groups excluding carboxylic acids is 1. The first-order valence-corrected chi connectivity index (χ1v) is 9.80. The third kappa shape index (κ3) is 3.38. The Kier molecular flexibility index (Phi) is 4.29. The van der Waals surface area contributed by atoms with Gasteiger partial charge in [-0.1, -0.05) is 6.07 Å². The van der Waals surface area contributed by atoms with Crippen molar-refractivity contribution < 1.29 is 22.7 Å². The minimum Gasteiger partial charge on any atom is -0.454 e. The van der Waals surface area contributed by atoms with Crippen molar-refractivity contribution in [3.05, 3.63) is 47.5 Å². The fraction of sp³-hybridized carbons (Fsp3) is 0.278. The third-order valence-corrected chi connectivity index (χ3v) is 5.84. The Balaban J connectivity index is 1.34. The molecule has 0 saturated heterocycles. The molecule has 0 fully saturated rings. The Bertz CT molecular complexity index is 972. The highest BCUT2D eigenvalue weighted by Gasteiger charge is 2.21. The molecule has 2 aromatic rings. The number of sulfonamides is 1. The molecule has 1 amide bonds. The van der Waals surface area contributed by atoms with Crippen LogP contribution in [0.15, 0.2) is 41.3 Å². The Morgan fingerprint density at radius 3 is 2.81 bits per heavy atom. The first-order chi connectivity index (χ1) is 12.5. The number of ether oxygens (including phenoxy) is 2. The monoisotopic (exact) mass is 374 g/mol. The molecule has 4 rings (SSSR count). The lowest BCUT2D eigenvalue weighted by Crippen LogP contribution is -2.25. The molecule has 136 valence electrons. The van der Waals surface area contributed by atoms with E-state index in [1.807, 2.05) is 18.2 Å². The summed E-state index contributed by atoms with van der Waals surface area (Å²) in [6.07, 6.45) is 1.59. The lowest BCUT2D eigenvalue weighted by atomic mass is 10.1. The van der Waals surface area contributed by atoms with Gasteiger partial charge in [0.15, 0.2) is 11.5 Å². The number of nitrogens with one attached hydrogen (secondary N) is 2. The maximum atomic E-state index is 12.4. The summed E-state index contributed by atoms with van der Waals surface area (Å²) in [5.41, 5.74) is 2.45. The van der Waals surface area contributed by atoms with E-state index >= 15 is 0 Å². The summed E-state index contributed by atoms with van der Waals surface area (Å²) in [6.45, 7) is 0.561. The average molecular weight is 374 g/mol. The number of rotatable bonds is 6. The van der Waals surface area contributed by atoms with Crippen molar-refractivity contribution in [2.24, 2.45) is 0 Å². The van der Waals surface area contributed by atoms with Crippen LogP contribution in [-0.2, 0) is 27.7 Å². The largest absolute Gasteiger partial charge is 0.454 e. The second-order valence-corrected chi connectivity index (χ2v) is 8.00. The van der Waals surface area contributed by atoms with Gasteiger partial charge < -0.3 is 14.8 Å². The summed E-state index contributed by atoms with van der Waals surface area (Å²) in [5, 5.41) is 2.69. The standard InChI is InChI=1S/C18H18N2O5S/c21-18-10-13-9-14(4-5-15(13)20-18)26(22,23)19-7-1-2-12-3-6-16-17(8-12)25-11-24-16/h3-6,8-9,19H,1-2,7,10-11H2,(H,20,21). The van der Waals surface area contributed by atoms with Crippen LogP contribution in [0.2, 0.25) is 0 Å². The number of benzene rings is 2. The van der Waals surface area contributed by atoms with Crippen LogP contribution in [0.25, 0.3) is 0 Å². The molecule has 0 aliphatic carbocycles. The van der Waals surface area contributed by atoms with Gasteiger partial charge in [0.2, 0.25) is 22.7 Å². The van der Waals surface area contributed by atoms with Crippen LogP contribution in [0.3, 0.4) is 0 Å². The topological polar surface area (TPSA) is 93.7 Å². The van der Waals surface area contributed by atoms with Crippen molar-refractivity contribution in [2.75, 3.05) is 18.7 Å². The van der Waals surface area contributed by atoms with E-state index in [0.717, 1.165) is 23.5 Å². The highest BCUT2D eigenvalue weighted by Crippen LogP contribution is 2.32. The van der Waals surface area contributed by atoms with E-state index in [1.54, 1.807) is 12.1 Å². The van der Waals surface area contributed by atoms with Gasteiger partial charge in [0.05, 0.1) is 11.3 Å². The van der Waals surface area contributed by atoms with E-state index in [9.17, 15) is 13.2 Å². The summed E-state index contributed by atoms with van der Waals surface area (Å²) in [6, 6.07) is 10.4. The van der Waals surface area contributed by atoms with Crippen LogP contribution in [-0.4, -0.2) is 27.7 Å². The van der Waals surface area contributed by atoms with E-state index in [4.69, 9.17) is 9.47 Å². The molecular formula is C18H18N2O5S. The molecule has 0 atom stereocenters. The molecule has 2 aliphatic rings. The summed E-state index contributed by atoms with van der Waals surface area (Å²) < 4.78 is 38.1. The van der Waals surface area contributed by atoms with Crippen LogP contribution in [0.5, 0.6) is 11.5 Å². The quantitative estimate of drug-likeness (QED) is 0.753. The van der Waals surface area contributed by atoms with Crippen molar-refractivity contribution in [3.63, 3.8) is 0 Å². The molecular weight excluding hydrogens is 356 g/mol. The van der Waals surface area contributed by atoms with Gasteiger partial charge in [-0.3, -0.25) is 4.79 Å². The van der Waals surface area contributed by atoms with Gasteiger partial charge in [0, 0.05) is 12.2 Å². The fourth-order valence-corrected chi connectivity index (χ4v) is 4.18. The molecule has 0 aromatic heterocycles. The number of fused-ring (bicyclic) bond motifs is 2. The van der Waals surface area contributed by atoms with E-state index in [-0.39, 0.29) is 24.0 Å². The zero-order valence-corrected chi connectivity index (χ0v) is 14.8. The highest BCUT2D eigenvalue weighted by molar-refractivity contribution is 7.89. The van der Waals surface area contributed by atoms with Gasteiger partial charge in [-0.05, 0) is 54.3 Å². The van der Waals surface area contributed by atoms with Crippen molar-refractivity contribution in [1.82, 2.24) is 4.72 Å². The minimum absolute atomic E-state index is 0.119. The van der Waals surface area contributed by atoms with E-state index in [0.29, 0.717) is 24.2 Å². The van der Waals surface area contributed by atoms with E-state index in [1.165, 1.54) is 6.07 Å². The average Bonchev–Trinajstić information content (AvgIpc) is 3.22. The van der Waals surface area contributed by atoms with Crippen LogP contribution in [0, 0.1) is 0 Å². The normalized spacial score (nSPS) is 15.0. The van der Waals surface area contributed by atoms with Crippen LogP contribution >= 0.6 is 0 Å². The molecule has 0 radical (unpaired) electrons. The van der Waals surface area contributed by atoms with Crippen molar-refractivity contribution in [1.29, 1.82) is 0 Å².